The van der Waals surface area contributed by atoms with Crippen molar-refractivity contribution >= 4 is 50.6 Å². The van der Waals surface area contributed by atoms with Crippen LogP contribution in [-0.4, -0.2) is 94.0 Å². The zero-order valence-corrected chi connectivity index (χ0v) is 30.9. The number of nitrogens with zero attached hydrogens (tertiary/aromatic N) is 5. The molecule has 0 spiro atoms. The highest BCUT2D eigenvalue weighted by atomic mass is 32.2. The number of imidazole rings is 1. The van der Waals surface area contributed by atoms with Crippen molar-refractivity contribution in [3.63, 3.8) is 0 Å². The molecule has 1 saturated heterocycles. The molecule has 2 aromatic heterocycles. The van der Waals surface area contributed by atoms with Gasteiger partial charge in [0.25, 0.3) is 0 Å². The number of benzene rings is 3. The Kier molecular flexibility index (Phi) is 11.0. The van der Waals surface area contributed by atoms with Crippen molar-refractivity contribution in [3.8, 4) is 0 Å². The van der Waals surface area contributed by atoms with Gasteiger partial charge in [0.2, 0.25) is 21.9 Å². The van der Waals surface area contributed by atoms with E-state index in [0.29, 0.717) is 49.0 Å². The van der Waals surface area contributed by atoms with Gasteiger partial charge in [0.1, 0.15) is 12.2 Å². The van der Waals surface area contributed by atoms with E-state index in [-0.39, 0.29) is 41.3 Å². The number of carbonyl (C=O) groups excluding carboxylic acids is 2. The van der Waals surface area contributed by atoms with E-state index in [1.165, 1.54) is 18.2 Å². The summed E-state index contributed by atoms with van der Waals surface area (Å²) in [6, 6.07) is 23.9. The predicted molar refractivity (Wildman–Crippen MR) is 207 cm³/mol. The van der Waals surface area contributed by atoms with Crippen LogP contribution in [0.15, 0.2) is 96.2 Å². The molecule has 3 heterocycles. The first-order valence-electron chi connectivity index (χ1n) is 18.2. The van der Waals surface area contributed by atoms with Crippen molar-refractivity contribution in [2.75, 3.05) is 35.2 Å². The third-order valence-corrected chi connectivity index (χ3v) is 11.1. The van der Waals surface area contributed by atoms with Gasteiger partial charge in [-0.1, -0.05) is 73.7 Å². The molecule has 1 aliphatic carbocycles. The maximum absolute atomic E-state index is 13.0. The van der Waals surface area contributed by atoms with Gasteiger partial charge in [0.15, 0.2) is 17.0 Å². The average molecular weight is 769 g/mol. The topological polar surface area (TPSA) is 230 Å². The Morgan fingerprint density at radius 3 is 2.33 bits per heavy atom. The molecular weight excluding hydrogens is 725 g/mol. The summed E-state index contributed by atoms with van der Waals surface area (Å²) < 4.78 is 25.3. The standard InChI is InChI=1S/C38H44N10O6S/c1-2-31(49)44-29-19-30(34(51)33(29)50)48-22-41-32-35(40-20-28(23-10-5-3-6-11-23)24-12-7-4-8-13-24)45-37(46-36(32)48)47-17-16-26(21-47)43-38(52)42-25-14-9-15-27(18-25)55(39,53)54/h3-15,18,22,26,28-30,33-34,50-51H,2,16-17,19-21H2,1H3,(H,44,49)(H2,39,53,54)(H,40,45,46)(H2,42,43,52)/t26-,29+,30-,33-,34+/m1/s1. The van der Waals surface area contributed by atoms with Crippen molar-refractivity contribution in [1.82, 2.24) is 30.2 Å². The van der Waals surface area contributed by atoms with Gasteiger partial charge in [-0.3, -0.25) is 4.79 Å². The van der Waals surface area contributed by atoms with Gasteiger partial charge in [0.05, 0.1) is 23.3 Å². The molecule has 55 heavy (non-hydrogen) atoms. The van der Waals surface area contributed by atoms with E-state index in [1.54, 1.807) is 23.9 Å². The lowest BCUT2D eigenvalue weighted by molar-refractivity contribution is -0.122. The summed E-state index contributed by atoms with van der Waals surface area (Å²) >= 11 is 0. The zero-order valence-electron chi connectivity index (χ0n) is 30.1. The van der Waals surface area contributed by atoms with Crippen molar-refractivity contribution in [1.29, 1.82) is 0 Å². The van der Waals surface area contributed by atoms with E-state index in [9.17, 15) is 28.2 Å². The Labute approximate surface area is 318 Å². The van der Waals surface area contributed by atoms with Crippen molar-refractivity contribution in [3.05, 3.63) is 102 Å². The van der Waals surface area contributed by atoms with Crippen LogP contribution >= 0.6 is 0 Å². The second-order valence-corrected chi connectivity index (χ2v) is 15.4. The smallest absolute Gasteiger partial charge is 0.319 e. The molecular formula is C38H44N10O6S. The number of carbonyl (C=O) groups is 2. The number of primary sulfonamides is 1. The van der Waals surface area contributed by atoms with Crippen LogP contribution in [0.1, 0.15) is 49.3 Å². The number of nitrogens with one attached hydrogen (secondary N) is 4. The molecule has 0 bridgehead atoms. The van der Waals surface area contributed by atoms with Gasteiger partial charge in [0, 0.05) is 43.7 Å². The predicted octanol–water partition coefficient (Wildman–Crippen LogP) is 2.68. The van der Waals surface area contributed by atoms with Gasteiger partial charge in [-0.2, -0.15) is 9.97 Å². The highest BCUT2D eigenvalue weighted by molar-refractivity contribution is 7.89. The molecule has 0 unspecified atom stereocenters. The Morgan fingerprint density at radius 2 is 1.65 bits per heavy atom. The number of rotatable bonds is 12. The van der Waals surface area contributed by atoms with Crippen LogP contribution in [0.3, 0.4) is 0 Å². The Morgan fingerprint density at radius 1 is 0.945 bits per heavy atom. The first-order valence-corrected chi connectivity index (χ1v) is 19.7. The van der Waals surface area contributed by atoms with Crippen molar-refractivity contribution < 1.29 is 28.2 Å². The first kappa shape index (κ1) is 37.7. The van der Waals surface area contributed by atoms with Gasteiger partial charge < -0.3 is 40.9 Å². The van der Waals surface area contributed by atoms with E-state index in [4.69, 9.17) is 20.1 Å². The maximum Gasteiger partial charge on any atom is 0.319 e. The molecule has 3 amide bonds. The van der Waals surface area contributed by atoms with Crippen LogP contribution in [0.2, 0.25) is 0 Å². The summed E-state index contributed by atoms with van der Waals surface area (Å²) in [7, 11) is -3.94. The van der Waals surface area contributed by atoms with Gasteiger partial charge in [-0.25, -0.2) is 23.3 Å². The zero-order chi connectivity index (χ0) is 38.7. The van der Waals surface area contributed by atoms with Crippen LogP contribution in [-0.2, 0) is 14.8 Å². The van der Waals surface area contributed by atoms with Crippen molar-refractivity contribution in [2.24, 2.45) is 5.14 Å². The first-order chi connectivity index (χ1) is 26.5. The third kappa shape index (κ3) is 8.39. The minimum Gasteiger partial charge on any atom is -0.388 e. The number of aromatic nitrogens is 4. The number of hydrogen-bond donors (Lipinski definition) is 7. The van der Waals surface area contributed by atoms with Crippen LogP contribution in [0.25, 0.3) is 11.2 Å². The molecule has 2 aliphatic rings. The third-order valence-electron chi connectivity index (χ3n) is 10.2. The van der Waals surface area contributed by atoms with Gasteiger partial charge in [-0.15, -0.1) is 0 Å². The minimum atomic E-state index is -3.94. The number of nitrogens with two attached hydrogens (primary N) is 1. The van der Waals surface area contributed by atoms with Gasteiger partial charge >= 0.3 is 6.03 Å². The molecule has 1 aliphatic heterocycles. The summed E-state index contributed by atoms with van der Waals surface area (Å²) in [4.78, 5) is 41.6. The summed E-state index contributed by atoms with van der Waals surface area (Å²) in [5, 5.41) is 39.3. The van der Waals surface area contributed by atoms with E-state index in [1.807, 2.05) is 41.3 Å². The van der Waals surface area contributed by atoms with E-state index in [0.717, 1.165) is 11.1 Å². The summed E-state index contributed by atoms with van der Waals surface area (Å²) in [6.45, 7) is 3.08. The molecule has 5 atom stereocenters. The number of sulfonamides is 1. The minimum absolute atomic E-state index is 0.0304. The number of fused-ring (bicyclic) bond motifs is 1. The molecule has 5 aromatic rings. The molecule has 8 N–H and O–H groups in total. The quantitative estimate of drug-likeness (QED) is 0.0976. The molecule has 288 valence electrons. The lowest BCUT2D eigenvalue weighted by Crippen LogP contribution is -2.42. The molecule has 16 nitrogen and oxygen atoms in total. The molecule has 3 aromatic carbocycles. The Hall–Kier alpha value is -5.62. The summed E-state index contributed by atoms with van der Waals surface area (Å²) in [6.07, 6.45) is 0.276. The molecule has 2 fully saturated rings. The average Bonchev–Trinajstić information content (AvgIpc) is 3.90. The molecule has 0 radical (unpaired) electrons. The molecule has 17 heteroatoms. The summed E-state index contributed by atoms with van der Waals surface area (Å²) in [5.74, 6) is 0.598. The number of anilines is 3. The van der Waals surface area contributed by atoms with E-state index >= 15 is 0 Å². The Bertz CT molecular complexity index is 2220. The number of hydrogen-bond acceptors (Lipinski definition) is 11. The fourth-order valence-electron chi connectivity index (χ4n) is 7.31. The number of amides is 3. The Balaban J connectivity index is 1.16. The van der Waals surface area contributed by atoms with Crippen LogP contribution in [0, 0.1) is 0 Å². The highest BCUT2D eigenvalue weighted by Gasteiger charge is 2.44. The fraction of sp³-hybridized carbons (Fsp3) is 0.342. The highest BCUT2D eigenvalue weighted by Crippen LogP contribution is 2.35. The maximum atomic E-state index is 13.0. The lowest BCUT2D eigenvalue weighted by Gasteiger charge is -2.22. The number of aliphatic hydroxyl groups excluding tert-OH is 2. The van der Waals surface area contributed by atoms with Gasteiger partial charge in [-0.05, 0) is 42.2 Å². The van der Waals surface area contributed by atoms with Crippen LogP contribution in [0.5, 0.6) is 0 Å². The van der Waals surface area contributed by atoms with Crippen LogP contribution in [0.4, 0.5) is 22.2 Å². The summed E-state index contributed by atoms with van der Waals surface area (Å²) in [5.41, 5.74) is 3.41. The second kappa shape index (κ2) is 16.0. The molecule has 7 rings (SSSR count). The van der Waals surface area contributed by atoms with E-state index in [2.05, 4.69) is 45.5 Å². The largest absolute Gasteiger partial charge is 0.388 e. The second-order valence-electron chi connectivity index (χ2n) is 13.9. The van der Waals surface area contributed by atoms with Crippen molar-refractivity contribution in [2.45, 2.75) is 67.3 Å². The van der Waals surface area contributed by atoms with E-state index < -0.39 is 40.3 Å². The monoisotopic (exact) mass is 768 g/mol. The normalized spacial score (nSPS) is 21.2. The SMILES string of the molecule is CCC(=O)N[C@H]1C[C@@H](n2cnc3c(NCC(c4ccccc4)c4ccccc4)nc(N4CC[C@@H](NC(=O)Nc5cccc(S(N)(=O)=O)c5)C4)nc32)[C@H](O)[C@@H]1O. The molecule has 1 saturated carbocycles. The number of aliphatic hydroxyl groups is 2. The number of urea groups is 1. The fourth-order valence-corrected chi connectivity index (χ4v) is 7.87. The van der Waals surface area contributed by atoms with Crippen LogP contribution < -0.4 is 31.3 Å². The lowest BCUT2D eigenvalue weighted by atomic mass is 9.91.